The fourth-order valence-electron chi connectivity index (χ4n) is 2.72. The molecule has 0 amide bonds. The van der Waals surface area contributed by atoms with Crippen molar-refractivity contribution in [3.05, 3.63) is 83.6 Å². The van der Waals surface area contributed by atoms with Crippen molar-refractivity contribution in [1.29, 1.82) is 0 Å². The lowest BCUT2D eigenvalue weighted by Gasteiger charge is -2.14. The molecule has 29 heavy (non-hydrogen) atoms. The van der Waals surface area contributed by atoms with Crippen LogP contribution in [0.15, 0.2) is 71.8 Å². The van der Waals surface area contributed by atoms with Crippen LogP contribution in [-0.4, -0.2) is 25.3 Å². The van der Waals surface area contributed by atoms with E-state index >= 15 is 0 Å². The minimum absolute atomic E-state index is 0.0210. The molecule has 3 rings (SSSR count). The zero-order valence-electron chi connectivity index (χ0n) is 16.4. The van der Waals surface area contributed by atoms with Crippen molar-refractivity contribution in [2.75, 3.05) is 4.72 Å². The predicted octanol–water partition coefficient (Wildman–Crippen LogP) is 4.21. The van der Waals surface area contributed by atoms with Crippen LogP contribution in [0.2, 0.25) is 0 Å². The van der Waals surface area contributed by atoms with E-state index in [9.17, 15) is 13.2 Å². The molecule has 1 heterocycles. The highest BCUT2D eigenvalue weighted by molar-refractivity contribution is 7.92. The molecule has 1 N–H and O–H groups in total. The van der Waals surface area contributed by atoms with Gasteiger partial charge in [-0.25, -0.2) is 13.4 Å². The monoisotopic (exact) mass is 410 g/mol. The van der Waals surface area contributed by atoms with E-state index in [4.69, 9.17) is 4.74 Å². The van der Waals surface area contributed by atoms with Crippen LogP contribution in [0.1, 0.15) is 35.3 Å². The first-order valence-electron chi connectivity index (χ1n) is 9.12. The van der Waals surface area contributed by atoms with Crippen LogP contribution in [0.3, 0.4) is 0 Å². The van der Waals surface area contributed by atoms with E-state index in [0.717, 1.165) is 5.56 Å². The second kappa shape index (κ2) is 8.45. The minimum atomic E-state index is -3.93. The molecule has 0 saturated carbocycles. The van der Waals surface area contributed by atoms with Crippen molar-refractivity contribution in [3.8, 4) is 5.88 Å². The summed E-state index contributed by atoms with van der Waals surface area (Å²) in [6.07, 6.45) is 1.16. The third-order valence-electron chi connectivity index (χ3n) is 4.08. The summed E-state index contributed by atoms with van der Waals surface area (Å²) in [7, 11) is -3.93. The summed E-state index contributed by atoms with van der Waals surface area (Å²) in [5.74, 6) is 0.0834. The number of hydrogen-bond acceptors (Lipinski definition) is 5. The number of sulfonamides is 1. The number of nitrogens with zero attached hydrogens (tertiary/aromatic N) is 1. The number of carbonyl (C=O) groups excluding carboxylic acids is 1. The number of benzene rings is 2. The third kappa shape index (κ3) is 5.00. The van der Waals surface area contributed by atoms with Crippen LogP contribution >= 0.6 is 0 Å². The Morgan fingerprint density at radius 2 is 1.76 bits per heavy atom. The maximum absolute atomic E-state index is 12.9. The molecule has 0 fully saturated rings. The largest absolute Gasteiger partial charge is 0.475 e. The first-order chi connectivity index (χ1) is 13.8. The Balaban J connectivity index is 1.92. The first-order valence-corrected chi connectivity index (χ1v) is 10.6. The Bertz CT molecular complexity index is 1110. The molecule has 2 aromatic carbocycles. The van der Waals surface area contributed by atoms with Crippen molar-refractivity contribution in [1.82, 2.24) is 4.98 Å². The molecule has 0 aliphatic heterocycles. The zero-order chi connectivity index (χ0) is 21.0. The summed E-state index contributed by atoms with van der Waals surface area (Å²) in [6.45, 7) is 5.56. The van der Waals surface area contributed by atoms with Crippen molar-refractivity contribution in [2.45, 2.75) is 31.8 Å². The predicted molar refractivity (Wildman–Crippen MR) is 112 cm³/mol. The van der Waals surface area contributed by atoms with Crippen molar-refractivity contribution in [3.63, 3.8) is 0 Å². The number of carbonyl (C=O) groups is 1. The molecule has 6 nitrogen and oxygen atoms in total. The van der Waals surface area contributed by atoms with Crippen LogP contribution in [-0.2, 0) is 10.0 Å². The number of anilines is 1. The number of ketones is 1. The average molecular weight is 410 g/mol. The van der Waals surface area contributed by atoms with Gasteiger partial charge in [0.2, 0.25) is 5.88 Å². The topological polar surface area (TPSA) is 85.4 Å². The lowest BCUT2D eigenvalue weighted by molar-refractivity contribution is 0.103. The maximum Gasteiger partial charge on any atom is 0.263 e. The van der Waals surface area contributed by atoms with Crippen molar-refractivity contribution < 1.29 is 17.9 Å². The molecule has 0 spiro atoms. The highest BCUT2D eigenvalue weighted by Gasteiger charge is 2.20. The fourth-order valence-corrected chi connectivity index (χ4v) is 3.74. The number of pyridine rings is 1. The van der Waals surface area contributed by atoms with Gasteiger partial charge in [0.1, 0.15) is 4.90 Å². The second-order valence-electron chi connectivity index (χ2n) is 6.85. The van der Waals surface area contributed by atoms with Gasteiger partial charge in [0.05, 0.1) is 18.0 Å². The quantitative estimate of drug-likeness (QED) is 0.590. The zero-order valence-corrected chi connectivity index (χ0v) is 17.2. The van der Waals surface area contributed by atoms with Gasteiger partial charge < -0.3 is 4.74 Å². The van der Waals surface area contributed by atoms with Gasteiger partial charge >= 0.3 is 0 Å². The Morgan fingerprint density at radius 1 is 1.03 bits per heavy atom. The SMILES string of the molecule is Cc1ccc(NS(=O)(=O)c2ccc(OC(C)C)nc2)c(C(=O)c2ccccc2)c1. The second-order valence-corrected chi connectivity index (χ2v) is 8.53. The summed E-state index contributed by atoms with van der Waals surface area (Å²) in [6, 6.07) is 16.7. The van der Waals surface area contributed by atoms with Crippen molar-refractivity contribution >= 4 is 21.5 Å². The van der Waals surface area contributed by atoms with Gasteiger partial charge in [0.15, 0.2) is 5.78 Å². The van der Waals surface area contributed by atoms with E-state index in [2.05, 4.69) is 9.71 Å². The summed E-state index contributed by atoms with van der Waals surface area (Å²) in [4.78, 5) is 16.9. The lowest BCUT2D eigenvalue weighted by Crippen LogP contribution is -2.16. The Labute approximate surface area is 170 Å². The maximum atomic E-state index is 12.9. The normalized spacial score (nSPS) is 11.3. The van der Waals surface area contributed by atoms with Crippen LogP contribution < -0.4 is 9.46 Å². The van der Waals surface area contributed by atoms with Gasteiger partial charge in [-0.2, -0.15) is 0 Å². The van der Waals surface area contributed by atoms with Gasteiger partial charge in [-0.15, -0.1) is 0 Å². The summed E-state index contributed by atoms with van der Waals surface area (Å²) >= 11 is 0. The van der Waals surface area contributed by atoms with Crippen molar-refractivity contribution in [2.24, 2.45) is 0 Å². The van der Waals surface area contributed by atoms with E-state index < -0.39 is 10.0 Å². The third-order valence-corrected chi connectivity index (χ3v) is 5.43. The van der Waals surface area contributed by atoms with E-state index in [1.165, 1.54) is 18.3 Å². The molecule has 0 aliphatic rings. The van der Waals surface area contributed by atoms with E-state index in [-0.39, 0.29) is 28.0 Å². The van der Waals surface area contributed by atoms with Gasteiger partial charge in [0, 0.05) is 17.2 Å². The molecular formula is C22H22N2O4S. The lowest BCUT2D eigenvalue weighted by atomic mass is 10.00. The molecule has 0 bridgehead atoms. The molecule has 0 saturated heterocycles. The van der Waals surface area contributed by atoms with Crippen LogP contribution in [0, 0.1) is 6.92 Å². The molecule has 0 radical (unpaired) electrons. The van der Waals surface area contributed by atoms with Gasteiger partial charge in [-0.05, 0) is 39.0 Å². The fraction of sp³-hybridized carbons (Fsp3) is 0.182. The van der Waals surface area contributed by atoms with E-state index in [1.54, 1.807) is 42.5 Å². The van der Waals surface area contributed by atoms with Gasteiger partial charge in [-0.3, -0.25) is 9.52 Å². The minimum Gasteiger partial charge on any atom is -0.475 e. The molecule has 3 aromatic rings. The van der Waals surface area contributed by atoms with Crippen LogP contribution in [0.4, 0.5) is 5.69 Å². The van der Waals surface area contributed by atoms with Crippen LogP contribution in [0.25, 0.3) is 0 Å². The molecule has 0 aliphatic carbocycles. The Kier molecular flexibility index (Phi) is 5.98. The Hall–Kier alpha value is -3.19. The molecule has 1 aromatic heterocycles. The molecular weight excluding hydrogens is 388 g/mol. The summed E-state index contributed by atoms with van der Waals surface area (Å²) < 4.78 is 33.6. The molecule has 0 atom stereocenters. The Morgan fingerprint density at radius 3 is 2.38 bits per heavy atom. The van der Waals surface area contributed by atoms with E-state index in [1.807, 2.05) is 26.8 Å². The van der Waals surface area contributed by atoms with Gasteiger partial charge in [0.25, 0.3) is 10.0 Å². The number of aromatic nitrogens is 1. The smallest absolute Gasteiger partial charge is 0.263 e. The standard InChI is InChI=1S/C22H22N2O4S/c1-15(2)28-21-12-10-18(14-23-21)29(26,27)24-20-11-9-16(3)13-19(20)22(25)17-7-5-4-6-8-17/h4-15,24H,1-3H3. The highest BCUT2D eigenvalue weighted by atomic mass is 32.2. The summed E-state index contributed by atoms with van der Waals surface area (Å²) in [5, 5.41) is 0. The van der Waals surface area contributed by atoms with Crippen LogP contribution in [0.5, 0.6) is 5.88 Å². The van der Waals surface area contributed by atoms with Gasteiger partial charge in [-0.1, -0.05) is 42.0 Å². The number of hydrogen-bond donors (Lipinski definition) is 1. The number of aryl methyl sites for hydroxylation is 1. The number of rotatable bonds is 7. The highest BCUT2D eigenvalue weighted by Crippen LogP contribution is 2.24. The molecule has 7 heteroatoms. The average Bonchev–Trinajstić information content (AvgIpc) is 2.69. The summed E-state index contributed by atoms with van der Waals surface area (Å²) in [5.41, 5.74) is 1.83. The molecule has 0 unspecified atom stereocenters. The van der Waals surface area contributed by atoms with E-state index in [0.29, 0.717) is 11.4 Å². The number of nitrogens with one attached hydrogen (secondary N) is 1. The number of ether oxygens (including phenoxy) is 1. The molecule has 150 valence electrons. The first kappa shape index (κ1) is 20.5.